The van der Waals surface area contributed by atoms with Crippen LogP contribution in [0.5, 0.6) is 5.75 Å². The van der Waals surface area contributed by atoms with Crippen LogP contribution in [0.4, 0.5) is 0 Å². The molecule has 0 aliphatic carbocycles. The van der Waals surface area contributed by atoms with Crippen LogP contribution in [0.3, 0.4) is 0 Å². The highest BCUT2D eigenvalue weighted by Crippen LogP contribution is 2.24. The summed E-state index contributed by atoms with van der Waals surface area (Å²) in [5, 5.41) is 10.5. The Labute approximate surface area is 143 Å². The number of aliphatic carboxylic acids is 1. The molecule has 0 aliphatic rings. The van der Waals surface area contributed by atoms with Crippen molar-refractivity contribution >= 4 is 34.7 Å². The van der Waals surface area contributed by atoms with Crippen LogP contribution in [-0.2, 0) is 11.3 Å². The molecule has 0 unspecified atom stereocenters. The lowest BCUT2D eigenvalue weighted by atomic mass is 10.2. The van der Waals surface area contributed by atoms with Crippen LogP contribution in [0.15, 0.2) is 48.7 Å². The number of hydrogen-bond acceptors (Lipinski definition) is 3. The molecule has 1 aromatic carbocycles. The van der Waals surface area contributed by atoms with E-state index in [1.165, 1.54) is 0 Å². The second kappa shape index (κ2) is 6.76. The second-order valence-corrected chi connectivity index (χ2v) is 5.68. The molecule has 0 amide bonds. The Morgan fingerprint density at radius 1 is 1.33 bits per heavy atom. The molecule has 6 heteroatoms. The van der Waals surface area contributed by atoms with Crippen molar-refractivity contribution in [2.24, 2.45) is 0 Å². The lowest BCUT2D eigenvalue weighted by Crippen LogP contribution is -2.03. The Morgan fingerprint density at radius 2 is 2.08 bits per heavy atom. The summed E-state index contributed by atoms with van der Waals surface area (Å²) in [6, 6.07) is 11.3. The standard InChI is InChI=1S/C18H15ClN2O3/c1-24-16-9-13-8-15(6-7-17(22)23)21(18(13)20-10-16)11-12-2-4-14(19)5-3-12/h2-10H,11H2,1H3,(H,22,23). The fourth-order valence-corrected chi connectivity index (χ4v) is 2.62. The first-order chi connectivity index (χ1) is 11.6. The maximum atomic E-state index is 10.8. The minimum atomic E-state index is -0.996. The summed E-state index contributed by atoms with van der Waals surface area (Å²) in [4.78, 5) is 15.3. The van der Waals surface area contributed by atoms with E-state index in [4.69, 9.17) is 21.4 Å². The van der Waals surface area contributed by atoms with Crippen LogP contribution < -0.4 is 4.74 Å². The van der Waals surface area contributed by atoms with Crippen LogP contribution in [0.25, 0.3) is 17.1 Å². The first-order valence-electron chi connectivity index (χ1n) is 7.25. The van der Waals surface area contributed by atoms with Crippen LogP contribution >= 0.6 is 11.6 Å². The van der Waals surface area contributed by atoms with Gasteiger partial charge in [0.2, 0.25) is 0 Å². The molecule has 122 valence electrons. The average Bonchev–Trinajstić information content (AvgIpc) is 2.91. The maximum Gasteiger partial charge on any atom is 0.328 e. The molecular formula is C18H15ClN2O3. The lowest BCUT2D eigenvalue weighted by molar-refractivity contribution is -0.131. The predicted octanol–water partition coefficient (Wildman–Crippen LogP) is 3.84. The molecule has 1 N–H and O–H groups in total. The van der Waals surface area contributed by atoms with Gasteiger partial charge in [0, 0.05) is 28.7 Å². The van der Waals surface area contributed by atoms with E-state index in [2.05, 4.69) is 4.98 Å². The Kier molecular flexibility index (Phi) is 4.53. The summed E-state index contributed by atoms with van der Waals surface area (Å²) in [5.74, 6) is -0.344. The van der Waals surface area contributed by atoms with Crippen LogP contribution in [0.2, 0.25) is 5.02 Å². The van der Waals surface area contributed by atoms with Gasteiger partial charge in [-0.25, -0.2) is 9.78 Å². The molecule has 3 rings (SSSR count). The van der Waals surface area contributed by atoms with Crippen molar-refractivity contribution in [3.63, 3.8) is 0 Å². The number of ether oxygens (including phenoxy) is 1. The first-order valence-corrected chi connectivity index (χ1v) is 7.63. The fraction of sp³-hybridized carbons (Fsp3) is 0.111. The van der Waals surface area contributed by atoms with E-state index in [1.54, 1.807) is 19.4 Å². The number of carbonyl (C=O) groups is 1. The number of hydrogen-bond donors (Lipinski definition) is 1. The van der Waals surface area contributed by atoms with E-state index >= 15 is 0 Å². The van der Waals surface area contributed by atoms with Crippen molar-refractivity contribution in [2.45, 2.75) is 6.54 Å². The molecule has 3 aromatic rings. The van der Waals surface area contributed by atoms with Crippen molar-refractivity contribution in [2.75, 3.05) is 7.11 Å². The molecule has 24 heavy (non-hydrogen) atoms. The minimum absolute atomic E-state index is 0.555. The number of nitrogens with zero attached hydrogens (tertiary/aromatic N) is 2. The number of benzene rings is 1. The molecule has 2 aromatic heterocycles. The van der Waals surface area contributed by atoms with Gasteiger partial charge >= 0.3 is 5.97 Å². The van der Waals surface area contributed by atoms with Crippen molar-refractivity contribution in [3.05, 3.63) is 65.0 Å². The van der Waals surface area contributed by atoms with E-state index in [0.29, 0.717) is 17.3 Å². The Morgan fingerprint density at radius 3 is 2.75 bits per heavy atom. The third kappa shape index (κ3) is 3.41. The number of rotatable bonds is 5. The van der Waals surface area contributed by atoms with E-state index in [0.717, 1.165) is 28.4 Å². The third-order valence-corrected chi connectivity index (χ3v) is 3.88. The molecular weight excluding hydrogens is 328 g/mol. The quantitative estimate of drug-likeness (QED) is 0.715. The summed E-state index contributed by atoms with van der Waals surface area (Å²) >= 11 is 5.93. The highest BCUT2D eigenvalue weighted by Gasteiger charge is 2.10. The lowest BCUT2D eigenvalue weighted by Gasteiger charge is -2.08. The molecule has 0 bridgehead atoms. The molecule has 2 heterocycles. The molecule has 0 atom stereocenters. The molecule has 0 spiro atoms. The summed E-state index contributed by atoms with van der Waals surface area (Å²) in [5.41, 5.74) is 2.55. The SMILES string of the molecule is COc1cnc2c(c1)cc(C=CC(=O)O)n2Cc1ccc(Cl)cc1. The molecule has 0 radical (unpaired) electrons. The molecule has 0 aliphatic heterocycles. The van der Waals surface area contributed by atoms with Crippen LogP contribution in [0.1, 0.15) is 11.3 Å². The Hall–Kier alpha value is -2.79. The van der Waals surface area contributed by atoms with Gasteiger partial charge in [-0.3, -0.25) is 0 Å². The zero-order chi connectivity index (χ0) is 17.1. The maximum absolute atomic E-state index is 10.8. The molecule has 0 saturated heterocycles. The van der Waals surface area contributed by atoms with E-state index in [1.807, 2.05) is 41.0 Å². The summed E-state index contributed by atoms with van der Waals surface area (Å²) in [6.45, 7) is 0.555. The highest BCUT2D eigenvalue weighted by molar-refractivity contribution is 6.30. The van der Waals surface area contributed by atoms with Gasteiger partial charge in [0.25, 0.3) is 0 Å². The number of fused-ring (bicyclic) bond motifs is 1. The number of methoxy groups -OCH3 is 1. The third-order valence-electron chi connectivity index (χ3n) is 3.63. The predicted molar refractivity (Wildman–Crippen MR) is 93.5 cm³/mol. The van der Waals surface area contributed by atoms with Gasteiger partial charge in [-0.05, 0) is 35.9 Å². The van der Waals surface area contributed by atoms with Crippen LogP contribution in [0, 0.1) is 0 Å². The zero-order valence-electron chi connectivity index (χ0n) is 12.9. The zero-order valence-corrected chi connectivity index (χ0v) is 13.7. The fourth-order valence-electron chi connectivity index (χ4n) is 2.49. The van der Waals surface area contributed by atoms with Crippen molar-refractivity contribution in [3.8, 4) is 5.75 Å². The van der Waals surface area contributed by atoms with Gasteiger partial charge < -0.3 is 14.4 Å². The second-order valence-electron chi connectivity index (χ2n) is 5.24. The number of halogens is 1. The molecule has 0 fully saturated rings. The van der Waals surface area contributed by atoms with Gasteiger partial charge in [-0.1, -0.05) is 23.7 Å². The van der Waals surface area contributed by atoms with Crippen molar-refractivity contribution in [1.29, 1.82) is 0 Å². The minimum Gasteiger partial charge on any atom is -0.495 e. The van der Waals surface area contributed by atoms with Gasteiger partial charge in [0.15, 0.2) is 0 Å². The Bertz CT molecular complexity index is 914. The summed E-state index contributed by atoms with van der Waals surface area (Å²) < 4.78 is 7.16. The monoisotopic (exact) mass is 342 g/mol. The van der Waals surface area contributed by atoms with Crippen molar-refractivity contribution in [1.82, 2.24) is 9.55 Å². The van der Waals surface area contributed by atoms with Crippen molar-refractivity contribution < 1.29 is 14.6 Å². The largest absolute Gasteiger partial charge is 0.495 e. The molecule has 0 saturated carbocycles. The van der Waals surface area contributed by atoms with Gasteiger partial charge in [0.05, 0.1) is 13.3 Å². The van der Waals surface area contributed by atoms with E-state index < -0.39 is 5.97 Å². The number of carboxylic acid groups (broad SMARTS) is 1. The van der Waals surface area contributed by atoms with Gasteiger partial charge in [-0.15, -0.1) is 0 Å². The first kappa shape index (κ1) is 16.1. The topological polar surface area (TPSA) is 64.3 Å². The number of pyridine rings is 1. The average molecular weight is 343 g/mol. The van der Waals surface area contributed by atoms with E-state index in [-0.39, 0.29) is 0 Å². The van der Waals surface area contributed by atoms with Crippen LogP contribution in [-0.4, -0.2) is 27.7 Å². The van der Waals surface area contributed by atoms with Gasteiger partial charge in [-0.2, -0.15) is 0 Å². The smallest absolute Gasteiger partial charge is 0.328 e. The van der Waals surface area contributed by atoms with E-state index in [9.17, 15) is 4.79 Å². The van der Waals surface area contributed by atoms with Gasteiger partial charge in [0.1, 0.15) is 11.4 Å². The molecule has 5 nitrogen and oxygen atoms in total. The normalized spacial score (nSPS) is 11.2. The highest BCUT2D eigenvalue weighted by atomic mass is 35.5. The number of aromatic nitrogens is 2. The summed E-state index contributed by atoms with van der Waals surface area (Å²) in [7, 11) is 1.58. The number of carboxylic acids is 1. The summed E-state index contributed by atoms with van der Waals surface area (Å²) in [6.07, 6.45) is 4.32. The Balaban J connectivity index is 2.09.